The fourth-order valence-electron chi connectivity index (χ4n) is 3.86. The molecule has 33 heavy (non-hydrogen) atoms. The Morgan fingerprint density at radius 2 is 1.91 bits per heavy atom. The van der Waals surface area contributed by atoms with Crippen LogP contribution in [0, 0.1) is 12.8 Å². The van der Waals surface area contributed by atoms with Crippen LogP contribution in [0.2, 0.25) is 0 Å². The number of pyridine rings is 1. The third kappa shape index (κ3) is 5.14. The van der Waals surface area contributed by atoms with Crippen molar-refractivity contribution in [3.8, 4) is 11.3 Å². The Balaban J connectivity index is 1.43. The minimum Gasteiger partial charge on any atom is -0.481 e. The van der Waals surface area contributed by atoms with E-state index in [1.54, 1.807) is 20.0 Å². The van der Waals surface area contributed by atoms with Crippen LogP contribution in [0.15, 0.2) is 53.2 Å². The molecule has 0 bridgehead atoms. The highest BCUT2D eigenvalue weighted by Gasteiger charge is 2.25. The number of anilines is 2. The summed E-state index contributed by atoms with van der Waals surface area (Å²) in [5.41, 5.74) is 2.50. The van der Waals surface area contributed by atoms with E-state index in [0.29, 0.717) is 48.6 Å². The smallest absolute Gasteiger partial charge is 0.412 e. The van der Waals surface area contributed by atoms with E-state index in [4.69, 9.17) is 14.4 Å². The normalized spacial score (nSPS) is 15.2. The van der Waals surface area contributed by atoms with Crippen LogP contribution < -0.4 is 10.2 Å². The molecule has 0 saturated carbocycles. The summed E-state index contributed by atoms with van der Waals surface area (Å²) < 4.78 is 11.0. The van der Waals surface area contributed by atoms with Crippen LogP contribution in [0.1, 0.15) is 37.1 Å². The van der Waals surface area contributed by atoms with Crippen molar-refractivity contribution in [2.45, 2.75) is 32.8 Å². The van der Waals surface area contributed by atoms with Crippen molar-refractivity contribution in [3.63, 3.8) is 0 Å². The van der Waals surface area contributed by atoms with Gasteiger partial charge in [-0.05, 0) is 44.4 Å². The van der Waals surface area contributed by atoms with Crippen molar-refractivity contribution in [2.75, 3.05) is 23.3 Å². The molecule has 1 aromatic carbocycles. The molecule has 1 aliphatic rings. The van der Waals surface area contributed by atoms with E-state index in [-0.39, 0.29) is 5.92 Å². The van der Waals surface area contributed by atoms with E-state index in [2.05, 4.69) is 20.4 Å². The number of aryl methyl sites for hydroxylation is 1. The number of benzene rings is 1. The number of nitrogens with one attached hydrogen (secondary N) is 1. The predicted octanol–water partition coefficient (Wildman–Crippen LogP) is 4.66. The Kier molecular flexibility index (Phi) is 6.58. The number of carboxylic acids is 1. The number of rotatable bonds is 6. The Morgan fingerprint density at radius 1 is 1.18 bits per heavy atom. The van der Waals surface area contributed by atoms with Gasteiger partial charge >= 0.3 is 12.1 Å². The van der Waals surface area contributed by atoms with Crippen LogP contribution >= 0.6 is 0 Å². The molecule has 0 radical (unpaired) electrons. The second-order valence-electron chi connectivity index (χ2n) is 8.06. The molecule has 1 aliphatic heterocycles. The number of aliphatic carboxylic acids is 1. The van der Waals surface area contributed by atoms with Crippen LogP contribution in [0.4, 0.5) is 16.3 Å². The third-order valence-electron chi connectivity index (χ3n) is 5.82. The van der Waals surface area contributed by atoms with Crippen molar-refractivity contribution in [1.82, 2.24) is 10.1 Å². The summed E-state index contributed by atoms with van der Waals surface area (Å²) in [4.78, 5) is 30.2. The lowest BCUT2D eigenvalue weighted by Gasteiger charge is -2.31. The molecule has 9 heteroatoms. The molecule has 1 amide bonds. The topological polar surface area (TPSA) is 118 Å². The van der Waals surface area contributed by atoms with Crippen molar-refractivity contribution >= 4 is 23.6 Å². The van der Waals surface area contributed by atoms with Gasteiger partial charge in [-0.3, -0.25) is 10.1 Å². The summed E-state index contributed by atoms with van der Waals surface area (Å²) in [5, 5.41) is 15.9. The number of aromatic nitrogens is 2. The lowest BCUT2D eigenvalue weighted by atomic mass is 9.97. The van der Waals surface area contributed by atoms with Gasteiger partial charge in [0.2, 0.25) is 0 Å². The van der Waals surface area contributed by atoms with Gasteiger partial charge in [-0.25, -0.2) is 9.78 Å². The highest BCUT2D eigenvalue weighted by molar-refractivity contribution is 5.90. The fraction of sp³-hybridized carbons (Fsp3) is 0.333. The zero-order valence-corrected chi connectivity index (χ0v) is 18.5. The molecule has 1 atom stereocenters. The molecule has 9 nitrogen and oxygen atoms in total. The van der Waals surface area contributed by atoms with Gasteiger partial charge < -0.3 is 19.3 Å². The highest BCUT2D eigenvalue weighted by Crippen LogP contribution is 2.32. The molecular weight excluding hydrogens is 424 g/mol. The number of amides is 1. The van der Waals surface area contributed by atoms with Crippen LogP contribution in [0.5, 0.6) is 0 Å². The molecular formula is C24H26N4O5. The lowest BCUT2D eigenvalue weighted by molar-refractivity contribution is -0.142. The number of hydrogen-bond donors (Lipinski definition) is 2. The summed E-state index contributed by atoms with van der Waals surface area (Å²) in [5.74, 6) is 0.121. The van der Waals surface area contributed by atoms with Crippen molar-refractivity contribution < 1.29 is 24.0 Å². The monoisotopic (exact) mass is 450 g/mol. The van der Waals surface area contributed by atoms with Crippen molar-refractivity contribution in [2.24, 2.45) is 5.92 Å². The van der Waals surface area contributed by atoms with Crippen LogP contribution in [-0.4, -0.2) is 40.4 Å². The second-order valence-corrected chi connectivity index (χ2v) is 8.06. The molecule has 1 saturated heterocycles. The van der Waals surface area contributed by atoms with Gasteiger partial charge in [-0.1, -0.05) is 35.5 Å². The van der Waals surface area contributed by atoms with E-state index in [1.165, 1.54) is 0 Å². The average molecular weight is 450 g/mol. The Hall–Kier alpha value is -3.88. The summed E-state index contributed by atoms with van der Waals surface area (Å²) >= 11 is 0. The minimum atomic E-state index is -0.740. The van der Waals surface area contributed by atoms with E-state index in [9.17, 15) is 9.59 Å². The fourth-order valence-corrected chi connectivity index (χ4v) is 3.86. The Morgan fingerprint density at radius 3 is 2.55 bits per heavy atom. The number of piperidine rings is 1. The molecule has 172 valence electrons. The molecule has 4 rings (SSSR count). The summed E-state index contributed by atoms with van der Waals surface area (Å²) in [7, 11) is 0. The number of carboxylic acid groups (broad SMARTS) is 1. The largest absolute Gasteiger partial charge is 0.481 e. The lowest BCUT2D eigenvalue weighted by Crippen LogP contribution is -2.36. The number of ether oxygens (including phenoxy) is 1. The predicted molar refractivity (Wildman–Crippen MR) is 122 cm³/mol. The number of hydrogen-bond acceptors (Lipinski definition) is 7. The van der Waals surface area contributed by atoms with Gasteiger partial charge in [0.05, 0.1) is 5.92 Å². The zero-order valence-electron chi connectivity index (χ0n) is 18.5. The van der Waals surface area contributed by atoms with Crippen LogP contribution in [-0.2, 0) is 9.53 Å². The van der Waals surface area contributed by atoms with E-state index < -0.39 is 18.2 Å². The van der Waals surface area contributed by atoms with E-state index in [0.717, 1.165) is 11.4 Å². The maximum absolute atomic E-state index is 12.5. The van der Waals surface area contributed by atoms with Crippen molar-refractivity contribution in [3.05, 3.63) is 59.9 Å². The maximum atomic E-state index is 12.5. The molecule has 3 heterocycles. The molecule has 3 aromatic rings. The van der Waals surface area contributed by atoms with E-state index in [1.807, 2.05) is 42.5 Å². The third-order valence-corrected chi connectivity index (χ3v) is 5.82. The number of nitrogens with zero attached hydrogens (tertiary/aromatic N) is 3. The highest BCUT2D eigenvalue weighted by atomic mass is 16.6. The first-order valence-electron chi connectivity index (χ1n) is 10.9. The van der Waals surface area contributed by atoms with Gasteiger partial charge in [0.1, 0.15) is 23.3 Å². The molecule has 2 N–H and O–H groups in total. The van der Waals surface area contributed by atoms with Crippen molar-refractivity contribution in [1.29, 1.82) is 0 Å². The zero-order chi connectivity index (χ0) is 23.4. The maximum Gasteiger partial charge on any atom is 0.412 e. The summed E-state index contributed by atoms with van der Waals surface area (Å²) in [6.45, 7) is 4.82. The minimum absolute atomic E-state index is 0.296. The SMILES string of the molecule is Cc1noc(-c2ccc(N3CCC(C(=O)O)CC3)nc2)c1NC(=O)OC(C)c1ccccc1. The van der Waals surface area contributed by atoms with Gasteiger partial charge in [0.15, 0.2) is 5.76 Å². The molecule has 0 aliphatic carbocycles. The van der Waals surface area contributed by atoms with Gasteiger partial charge in [-0.2, -0.15) is 0 Å². The molecule has 1 unspecified atom stereocenters. The van der Waals surface area contributed by atoms with Gasteiger partial charge in [0, 0.05) is 24.8 Å². The number of carbonyl (C=O) groups excluding carboxylic acids is 1. The van der Waals surface area contributed by atoms with Gasteiger partial charge in [-0.15, -0.1) is 0 Å². The standard InChI is InChI=1S/C24H26N4O5/c1-15-21(26-24(31)32-16(2)17-6-4-3-5-7-17)22(33-27-15)19-8-9-20(25-14-19)28-12-10-18(11-13-28)23(29)30/h3-9,14,16,18H,10-13H2,1-2H3,(H,26,31)(H,29,30). The van der Waals surface area contributed by atoms with Crippen LogP contribution in [0.3, 0.4) is 0 Å². The molecule has 2 aromatic heterocycles. The number of carbonyl (C=O) groups is 2. The summed E-state index contributed by atoms with van der Waals surface area (Å²) in [6.07, 6.45) is 1.82. The first kappa shape index (κ1) is 22.3. The van der Waals surface area contributed by atoms with E-state index >= 15 is 0 Å². The Labute approximate surface area is 191 Å². The molecule has 1 fully saturated rings. The Bertz CT molecular complexity index is 1110. The quantitative estimate of drug-likeness (QED) is 0.557. The van der Waals surface area contributed by atoms with Gasteiger partial charge in [0.25, 0.3) is 0 Å². The molecule has 0 spiro atoms. The summed E-state index contributed by atoms with van der Waals surface area (Å²) in [6, 6.07) is 13.2. The van der Waals surface area contributed by atoms with Crippen LogP contribution in [0.25, 0.3) is 11.3 Å². The first-order valence-corrected chi connectivity index (χ1v) is 10.9. The second kappa shape index (κ2) is 9.72. The average Bonchev–Trinajstić information content (AvgIpc) is 3.19. The first-order chi connectivity index (χ1) is 15.9.